The first-order valence-corrected chi connectivity index (χ1v) is 9.12. The number of hydrogen-bond acceptors (Lipinski definition) is 5. The number of imidazole rings is 1. The fourth-order valence-electron chi connectivity index (χ4n) is 3.42. The van der Waals surface area contributed by atoms with Crippen LogP contribution >= 0.6 is 0 Å². The first-order valence-electron chi connectivity index (χ1n) is 9.12. The van der Waals surface area contributed by atoms with E-state index in [2.05, 4.69) is 29.0 Å². The Kier molecular flexibility index (Phi) is 4.22. The van der Waals surface area contributed by atoms with E-state index >= 15 is 0 Å². The van der Waals surface area contributed by atoms with Gasteiger partial charge in [-0.05, 0) is 30.2 Å². The van der Waals surface area contributed by atoms with Gasteiger partial charge in [-0.2, -0.15) is 5.10 Å². The minimum Gasteiger partial charge on any atom is -0.507 e. The number of aromatic hydroxyl groups is 2. The average Bonchev–Trinajstić information content (AvgIpc) is 3.24. The van der Waals surface area contributed by atoms with Crippen LogP contribution < -0.4 is 4.90 Å². The quantitative estimate of drug-likeness (QED) is 0.500. The molecule has 0 amide bonds. The van der Waals surface area contributed by atoms with Crippen molar-refractivity contribution < 1.29 is 10.2 Å². The minimum atomic E-state index is -0.137. The number of phenols is 1. The molecule has 0 saturated heterocycles. The molecule has 7 heteroatoms. The van der Waals surface area contributed by atoms with Gasteiger partial charge in [-0.1, -0.05) is 19.9 Å². The highest BCUT2D eigenvalue weighted by Gasteiger charge is 2.19. The predicted octanol–water partition coefficient (Wildman–Crippen LogP) is 4.02. The van der Waals surface area contributed by atoms with Gasteiger partial charge in [0, 0.05) is 36.8 Å². The van der Waals surface area contributed by atoms with Gasteiger partial charge in [-0.3, -0.25) is 9.67 Å². The average molecular weight is 377 g/mol. The number of anilines is 1. The van der Waals surface area contributed by atoms with Crippen LogP contribution in [0.2, 0.25) is 0 Å². The highest BCUT2D eigenvalue weighted by atomic mass is 16.3. The van der Waals surface area contributed by atoms with Crippen LogP contribution in [0.1, 0.15) is 25.5 Å². The number of aromatic amines is 1. The van der Waals surface area contributed by atoms with Crippen molar-refractivity contribution in [3.63, 3.8) is 0 Å². The topological polar surface area (TPSA) is 90.2 Å². The van der Waals surface area contributed by atoms with Crippen molar-refractivity contribution in [3.05, 3.63) is 48.3 Å². The number of H-pyrrole nitrogens is 1. The van der Waals surface area contributed by atoms with E-state index in [-0.39, 0.29) is 17.7 Å². The number of fused-ring (bicyclic) bond motifs is 1. The van der Waals surface area contributed by atoms with Crippen molar-refractivity contribution in [1.82, 2.24) is 19.7 Å². The molecule has 0 bridgehead atoms. The molecule has 0 aliphatic rings. The number of nitrogens with zero attached hydrogens (tertiary/aromatic N) is 4. The Balaban J connectivity index is 1.93. The van der Waals surface area contributed by atoms with Crippen LogP contribution in [-0.2, 0) is 0 Å². The molecule has 0 unspecified atom stereocenters. The summed E-state index contributed by atoms with van der Waals surface area (Å²) in [7, 11) is 3.92. The SMILES string of the molecule is CC(C)c1n[nH]c2cc(O)c(-c3cnc(O)n3-c3cccc(N(C)C)c3)cc12. The summed E-state index contributed by atoms with van der Waals surface area (Å²) in [5.74, 6) is 0.331. The zero-order valence-corrected chi connectivity index (χ0v) is 16.3. The molecule has 0 atom stereocenters. The van der Waals surface area contributed by atoms with Gasteiger partial charge in [0.2, 0.25) is 0 Å². The van der Waals surface area contributed by atoms with Gasteiger partial charge < -0.3 is 15.1 Å². The van der Waals surface area contributed by atoms with E-state index in [1.165, 1.54) is 0 Å². The third-order valence-electron chi connectivity index (χ3n) is 4.88. The normalized spacial score (nSPS) is 11.5. The van der Waals surface area contributed by atoms with Crippen LogP contribution in [0.4, 0.5) is 5.69 Å². The summed E-state index contributed by atoms with van der Waals surface area (Å²) in [6.45, 7) is 4.15. The third-order valence-corrected chi connectivity index (χ3v) is 4.88. The van der Waals surface area contributed by atoms with Gasteiger partial charge in [-0.25, -0.2) is 4.98 Å². The summed E-state index contributed by atoms with van der Waals surface area (Å²) >= 11 is 0. The van der Waals surface area contributed by atoms with Gasteiger partial charge in [0.05, 0.1) is 28.8 Å². The fourth-order valence-corrected chi connectivity index (χ4v) is 3.42. The zero-order chi connectivity index (χ0) is 20.0. The Labute approximate surface area is 162 Å². The third kappa shape index (κ3) is 2.85. The number of phenolic OH excluding ortho intramolecular Hbond substituents is 1. The van der Waals surface area contributed by atoms with Crippen LogP contribution in [0.25, 0.3) is 27.8 Å². The first-order chi connectivity index (χ1) is 13.4. The highest BCUT2D eigenvalue weighted by molar-refractivity contribution is 5.90. The van der Waals surface area contributed by atoms with E-state index in [1.54, 1.807) is 16.8 Å². The molecule has 2 aromatic heterocycles. The number of hydrogen-bond donors (Lipinski definition) is 3. The molecule has 0 saturated carbocycles. The lowest BCUT2D eigenvalue weighted by Crippen LogP contribution is -2.09. The van der Waals surface area contributed by atoms with Gasteiger partial charge in [0.25, 0.3) is 6.01 Å². The summed E-state index contributed by atoms with van der Waals surface area (Å²) in [5.41, 5.74) is 4.64. The summed E-state index contributed by atoms with van der Waals surface area (Å²) in [6.07, 6.45) is 1.56. The summed E-state index contributed by atoms with van der Waals surface area (Å²) in [5, 5.41) is 29.4. The van der Waals surface area contributed by atoms with Gasteiger partial charge >= 0.3 is 0 Å². The van der Waals surface area contributed by atoms with Crippen LogP contribution in [0, 0.1) is 0 Å². The van der Waals surface area contributed by atoms with Crippen molar-refractivity contribution in [3.8, 4) is 28.7 Å². The van der Waals surface area contributed by atoms with E-state index in [0.717, 1.165) is 28.0 Å². The minimum absolute atomic E-state index is 0.0939. The lowest BCUT2D eigenvalue weighted by atomic mass is 10.0. The van der Waals surface area contributed by atoms with Crippen LogP contribution in [-0.4, -0.2) is 44.1 Å². The molecule has 0 spiro atoms. The van der Waals surface area contributed by atoms with Crippen molar-refractivity contribution in [2.45, 2.75) is 19.8 Å². The molecular weight excluding hydrogens is 354 g/mol. The number of rotatable bonds is 4. The van der Waals surface area contributed by atoms with Crippen LogP contribution in [0.5, 0.6) is 11.8 Å². The van der Waals surface area contributed by atoms with Crippen molar-refractivity contribution in [2.75, 3.05) is 19.0 Å². The maximum Gasteiger partial charge on any atom is 0.298 e. The standard InChI is InChI=1S/C21H23N5O2/c1-12(2)20-15-9-16(19(27)10-17(15)23-24-20)18-11-22-21(28)26(18)14-7-5-6-13(8-14)25(3)4/h5-12,27H,1-4H3,(H,22,28)(H,23,24). The molecule has 7 nitrogen and oxygen atoms in total. The molecule has 0 aliphatic carbocycles. The molecule has 4 rings (SSSR count). The number of aromatic nitrogens is 4. The summed E-state index contributed by atoms with van der Waals surface area (Å²) in [6, 6.07) is 11.2. The molecule has 0 fully saturated rings. The summed E-state index contributed by atoms with van der Waals surface area (Å²) in [4.78, 5) is 6.07. The largest absolute Gasteiger partial charge is 0.507 e. The molecule has 3 N–H and O–H groups in total. The van der Waals surface area contributed by atoms with Gasteiger partial charge in [0.1, 0.15) is 5.75 Å². The summed E-state index contributed by atoms with van der Waals surface area (Å²) < 4.78 is 1.63. The second-order valence-electron chi connectivity index (χ2n) is 7.37. The Morgan fingerprint density at radius 2 is 1.89 bits per heavy atom. The van der Waals surface area contributed by atoms with Gasteiger partial charge in [-0.15, -0.1) is 0 Å². The molecule has 144 valence electrons. The van der Waals surface area contributed by atoms with Crippen LogP contribution in [0.3, 0.4) is 0 Å². The highest BCUT2D eigenvalue weighted by Crippen LogP contribution is 2.38. The molecule has 0 aliphatic heterocycles. The monoisotopic (exact) mass is 377 g/mol. The van der Waals surface area contributed by atoms with E-state index in [1.807, 2.05) is 49.3 Å². The second kappa shape index (κ2) is 6.60. The molecule has 2 aromatic carbocycles. The smallest absolute Gasteiger partial charge is 0.298 e. The van der Waals surface area contributed by atoms with Crippen molar-refractivity contribution in [1.29, 1.82) is 0 Å². The van der Waals surface area contributed by atoms with Gasteiger partial charge in [0.15, 0.2) is 0 Å². The molecule has 0 radical (unpaired) electrons. The van der Waals surface area contributed by atoms with Crippen molar-refractivity contribution in [2.24, 2.45) is 0 Å². The maximum atomic E-state index is 10.7. The van der Waals surface area contributed by atoms with E-state index in [0.29, 0.717) is 11.3 Å². The lowest BCUT2D eigenvalue weighted by Gasteiger charge is -2.16. The first kappa shape index (κ1) is 17.9. The Bertz CT molecular complexity index is 1160. The predicted molar refractivity (Wildman–Crippen MR) is 110 cm³/mol. The van der Waals surface area contributed by atoms with Crippen molar-refractivity contribution >= 4 is 16.6 Å². The van der Waals surface area contributed by atoms with Crippen LogP contribution in [0.15, 0.2) is 42.6 Å². The lowest BCUT2D eigenvalue weighted by molar-refractivity contribution is 0.423. The van der Waals surface area contributed by atoms with E-state index in [9.17, 15) is 10.2 Å². The zero-order valence-electron chi connectivity index (χ0n) is 16.3. The second-order valence-corrected chi connectivity index (χ2v) is 7.37. The Hall–Kier alpha value is -3.48. The van der Waals surface area contributed by atoms with E-state index < -0.39 is 0 Å². The number of benzene rings is 2. The molecule has 28 heavy (non-hydrogen) atoms. The molecular formula is C21H23N5O2. The molecule has 4 aromatic rings. The Morgan fingerprint density at radius 1 is 1.11 bits per heavy atom. The fraction of sp³-hybridized carbons (Fsp3) is 0.238. The van der Waals surface area contributed by atoms with E-state index in [4.69, 9.17) is 0 Å². The Morgan fingerprint density at radius 3 is 2.61 bits per heavy atom. The maximum absolute atomic E-state index is 10.7. The molecule has 2 heterocycles. The number of nitrogens with one attached hydrogen (secondary N) is 1.